The number of nitrogens with zero attached hydrogens (tertiary/aromatic N) is 5. The minimum Gasteiger partial charge on any atom is -0.495 e. The molecule has 8 nitrogen and oxygen atoms in total. The highest BCUT2D eigenvalue weighted by Crippen LogP contribution is 2.34. The molecule has 8 heteroatoms. The highest BCUT2D eigenvalue weighted by atomic mass is 16.5. The summed E-state index contributed by atoms with van der Waals surface area (Å²) in [7, 11) is 1.70. The number of aromatic nitrogens is 3. The van der Waals surface area contributed by atoms with E-state index in [1.165, 1.54) is 11.1 Å². The molecule has 1 fully saturated rings. The van der Waals surface area contributed by atoms with Crippen molar-refractivity contribution in [2.24, 2.45) is 4.99 Å². The molecule has 0 spiro atoms. The molecule has 4 heterocycles. The number of methoxy groups -OCH3 is 1. The number of hydrogen-bond acceptors (Lipinski definition) is 7. The Morgan fingerprint density at radius 2 is 2.00 bits per heavy atom. The van der Waals surface area contributed by atoms with Crippen molar-refractivity contribution in [2.75, 3.05) is 43.6 Å². The van der Waals surface area contributed by atoms with Crippen LogP contribution in [0.4, 0.5) is 17.2 Å². The van der Waals surface area contributed by atoms with Crippen LogP contribution in [0.1, 0.15) is 11.1 Å². The molecule has 0 radical (unpaired) electrons. The normalized spacial score (nSPS) is 15.1. The smallest absolute Gasteiger partial charge is 0.180 e. The van der Waals surface area contributed by atoms with Gasteiger partial charge < -0.3 is 24.1 Å². The third kappa shape index (κ3) is 3.68. The van der Waals surface area contributed by atoms with Crippen LogP contribution >= 0.6 is 0 Å². The van der Waals surface area contributed by atoms with E-state index in [0.29, 0.717) is 5.82 Å². The van der Waals surface area contributed by atoms with Gasteiger partial charge in [-0.15, -0.1) is 0 Å². The van der Waals surface area contributed by atoms with Gasteiger partial charge in [0.05, 0.1) is 38.2 Å². The van der Waals surface area contributed by atoms with E-state index in [1.54, 1.807) is 13.3 Å². The van der Waals surface area contributed by atoms with Gasteiger partial charge in [-0.05, 0) is 29.3 Å². The molecule has 4 aromatic rings. The van der Waals surface area contributed by atoms with Crippen molar-refractivity contribution in [3.63, 3.8) is 0 Å². The fraction of sp³-hybridized carbons (Fsp3) is 0.240. The van der Waals surface area contributed by atoms with Crippen molar-refractivity contribution >= 4 is 29.1 Å². The summed E-state index contributed by atoms with van der Waals surface area (Å²) in [5.41, 5.74) is 7.04. The molecule has 2 aromatic heterocycles. The molecule has 1 saturated heterocycles. The summed E-state index contributed by atoms with van der Waals surface area (Å²) in [5.74, 6) is 1.51. The van der Waals surface area contributed by atoms with Crippen LogP contribution in [0.5, 0.6) is 5.75 Å². The van der Waals surface area contributed by atoms with E-state index < -0.39 is 0 Å². The average Bonchev–Trinajstić information content (AvgIpc) is 3.53. The molecule has 2 aliphatic heterocycles. The molecule has 0 atom stereocenters. The van der Waals surface area contributed by atoms with Gasteiger partial charge in [0, 0.05) is 55.2 Å². The lowest BCUT2D eigenvalue weighted by Gasteiger charge is -2.30. The Morgan fingerprint density at radius 1 is 1.09 bits per heavy atom. The molecule has 166 valence electrons. The minimum absolute atomic E-state index is 0.690. The topological polar surface area (TPSA) is 76.3 Å². The second-order valence-electron chi connectivity index (χ2n) is 8.13. The van der Waals surface area contributed by atoms with Gasteiger partial charge in [0.2, 0.25) is 0 Å². The molecule has 33 heavy (non-hydrogen) atoms. The fourth-order valence-electron chi connectivity index (χ4n) is 4.38. The minimum atomic E-state index is 0.690. The van der Waals surface area contributed by atoms with Crippen LogP contribution in [0.3, 0.4) is 0 Å². The van der Waals surface area contributed by atoms with Gasteiger partial charge in [0.15, 0.2) is 11.5 Å². The first kappa shape index (κ1) is 19.8. The zero-order valence-corrected chi connectivity index (χ0v) is 18.4. The van der Waals surface area contributed by atoms with Crippen molar-refractivity contribution in [1.29, 1.82) is 0 Å². The summed E-state index contributed by atoms with van der Waals surface area (Å²) < 4.78 is 13.2. The van der Waals surface area contributed by atoms with E-state index >= 15 is 0 Å². The third-order valence-corrected chi connectivity index (χ3v) is 6.10. The van der Waals surface area contributed by atoms with E-state index in [1.807, 2.05) is 35.1 Å². The molecule has 0 amide bonds. The lowest BCUT2D eigenvalue weighted by atomic mass is 10.0. The second-order valence-corrected chi connectivity index (χ2v) is 8.13. The highest BCUT2D eigenvalue weighted by Gasteiger charge is 2.17. The summed E-state index contributed by atoms with van der Waals surface area (Å²) >= 11 is 0. The second kappa shape index (κ2) is 8.22. The van der Waals surface area contributed by atoms with Crippen LogP contribution < -0.4 is 15.0 Å². The Bertz CT molecular complexity index is 1360. The summed E-state index contributed by atoms with van der Waals surface area (Å²) in [6, 6.07) is 12.5. The lowest BCUT2D eigenvalue weighted by Crippen LogP contribution is -2.36. The number of imidazole rings is 1. The summed E-state index contributed by atoms with van der Waals surface area (Å²) in [5, 5.41) is 3.46. The lowest BCUT2D eigenvalue weighted by molar-refractivity contribution is 0.122. The fourth-order valence-corrected chi connectivity index (χ4v) is 4.38. The highest BCUT2D eigenvalue weighted by molar-refractivity contribution is 5.86. The first-order valence-corrected chi connectivity index (χ1v) is 11.0. The van der Waals surface area contributed by atoms with Crippen molar-refractivity contribution < 1.29 is 9.47 Å². The van der Waals surface area contributed by atoms with Crippen LogP contribution in [0.15, 0.2) is 60.0 Å². The van der Waals surface area contributed by atoms with Crippen molar-refractivity contribution in [3.05, 3.63) is 66.1 Å². The van der Waals surface area contributed by atoms with E-state index in [0.717, 1.165) is 66.9 Å². The third-order valence-electron chi connectivity index (χ3n) is 6.10. The number of benzene rings is 2. The molecule has 0 saturated carbocycles. The summed E-state index contributed by atoms with van der Waals surface area (Å²) in [6.07, 6.45) is 7.65. The maximum absolute atomic E-state index is 5.71. The number of nitrogens with one attached hydrogen (secondary N) is 1. The van der Waals surface area contributed by atoms with Crippen LogP contribution in [0.2, 0.25) is 0 Å². The number of rotatable bonds is 5. The van der Waals surface area contributed by atoms with Gasteiger partial charge >= 0.3 is 0 Å². The molecule has 2 aliphatic rings. The Hall–Kier alpha value is -3.91. The predicted octanol–water partition coefficient (Wildman–Crippen LogP) is 3.92. The maximum atomic E-state index is 5.71. The molecule has 0 bridgehead atoms. The monoisotopic (exact) mass is 440 g/mol. The summed E-state index contributed by atoms with van der Waals surface area (Å²) in [4.78, 5) is 16.1. The summed E-state index contributed by atoms with van der Waals surface area (Å²) in [6.45, 7) is 3.89. The molecule has 0 aliphatic carbocycles. The van der Waals surface area contributed by atoms with E-state index in [-0.39, 0.29) is 0 Å². The Morgan fingerprint density at radius 3 is 2.88 bits per heavy atom. The number of ether oxygens (including phenoxy) is 2. The van der Waals surface area contributed by atoms with Crippen molar-refractivity contribution in [2.45, 2.75) is 6.54 Å². The van der Waals surface area contributed by atoms with Crippen LogP contribution in [0.25, 0.3) is 16.9 Å². The largest absolute Gasteiger partial charge is 0.495 e. The van der Waals surface area contributed by atoms with Crippen LogP contribution in [-0.4, -0.2) is 54.0 Å². The number of anilines is 3. The molecule has 6 rings (SSSR count). The van der Waals surface area contributed by atoms with E-state index in [4.69, 9.17) is 14.5 Å². The molecule has 1 N–H and O–H groups in total. The number of morpholine rings is 1. The van der Waals surface area contributed by atoms with Crippen molar-refractivity contribution in [3.8, 4) is 17.0 Å². The number of aliphatic imine (C=N–C) groups is 1. The standard InChI is InChI=1S/C25H24N6O2/c1-32-23-13-20(4-5-22(23)30-8-10-33-11-9-30)28-24-25-27-6-7-31(25)16-21(29-24)17-2-3-18-14-26-15-19(18)12-17/h2-7,12-14,16H,8-11,15H2,1H3,(H,28,29). The van der Waals surface area contributed by atoms with E-state index in [9.17, 15) is 0 Å². The van der Waals surface area contributed by atoms with Gasteiger partial charge in [0.1, 0.15) is 5.75 Å². The van der Waals surface area contributed by atoms with E-state index in [2.05, 4.69) is 44.5 Å². The average molecular weight is 441 g/mol. The van der Waals surface area contributed by atoms with Gasteiger partial charge in [-0.3, -0.25) is 4.99 Å². The maximum Gasteiger partial charge on any atom is 0.180 e. The zero-order valence-electron chi connectivity index (χ0n) is 18.4. The van der Waals surface area contributed by atoms with Gasteiger partial charge in [0.25, 0.3) is 0 Å². The first-order chi connectivity index (χ1) is 16.3. The number of fused-ring (bicyclic) bond motifs is 2. The Kier molecular flexibility index (Phi) is 4.92. The van der Waals surface area contributed by atoms with Crippen LogP contribution in [-0.2, 0) is 11.3 Å². The Balaban J connectivity index is 1.35. The van der Waals surface area contributed by atoms with Gasteiger partial charge in [-0.2, -0.15) is 0 Å². The molecule has 0 unspecified atom stereocenters. The predicted molar refractivity (Wildman–Crippen MR) is 129 cm³/mol. The van der Waals surface area contributed by atoms with Crippen molar-refractivity contribution in [1.82, 2.24) is 14.4 Å². The van der Waals surface area contributed by atoms with Crippen LogP contribution in [0, 0.1) is 0 Å². The quantitative estimate of drug-likeness (QED) is 0.507. The van der Waals surface area contributed by atoms with Gasteiger partial charge in [-0.1, -0.05) is 12.1 Å². The SMILES string of the molecule is COc1cc(Nc2nc(-c3ccc4c(c3)CN=C4)cn3ccnc23)ccc1N1CCOCC1. The zero-order chi connectivity index (χ0) is 22.2. The first-order valence-electron chi connectivity index (χ1n) is 11.0. The molecular formula is C25H24N6O2. The molecular weight excluding hydrogens is 416 g/mol. The Labute approximate surface area is 191 Å². The van der Waals surface area contributed by atoms with Gasteiger partial charge in [-0.25, -0.2) is 9.97 Å². The number of hydrogen-bond donors (Lipinski definition) is 1. The molecule has 2 aromatic carbocycles.